The Labute approximate surface area is 122 Å². The minimum atomic E-state index is -0.581. The van der Waals surface area contributed by atoms with Gasteiger partial charge >= 0.3 is 0 Å². The van der Waals surface area contributed by atoms with Crippen LogP contribution in [0.4, 0.5) is 11.6 Å². The van der Waals surface area contributed by atoms with Crippen LogP contribution >= 0.6 is 0 Å². The third-order valence-corrected chi connectivity index (χ3v) is 3.17. The minimum absolute atomic E-state index is 0.134. The van der Waals surface area contributed by atoms with Crippen molar-refractivity contribution in [2.45, 2.75) is 26.0 Å². The van der Waals surface area contributed by atoms with Crippen molar-refractivity contribution in [3.8, 4) is 0 Å². The number of rotatable bonds is 6. The van der Waals surface area contributed by atoms with Gasteiger partial charge in [-0.15, -0.1) is 0 Å². The van der Waals surface area contributed by atoms with Crippen molar-refractivity contribution in [3.63, 3.8) is 0 Å². The highest BCUT2D eigenvalue weighted by atomic mass is 16.5. The molecule has 1 atom stereocenters. The van der Waals surface area contributed by atoms with Crippen LogP contribution in [-0.2, 0) is 20.9 Å². The highest BCUT2D eigenvalue weighted by Crippen LogP contribution is 2.18. The molecule has 1 aliphatic heterocycles. The largest absolute Gasteiger partial charge is 0.374 e. The zero-order valence-electron chi connectivity index (χ0n) is 12.3. The van der Waals surface area contributed by atoms with Crippen molar-refractivity contribution in [2.24, 2.45) is 0 Å². The van der Waals surface area contributed by atoms with Crippen LogP contribution in [0.15, 0.2) is 6.07 Å². The Morgan fingerprint density at radius 1 is 1.38 bits per heavy atom. The van der Waals surface area contributed by atoms with E-state index in [1.807, 2.05) is 6.92 Å². The van der Waals surface area contributed by atoms with Gasteiger partial charge in [0, 0.05) is 26.8 Å². The van der Waals surface area contributed by atoms with Gasteiger partial charge in [-0.05, 0) is 6.92 Å². The molecule has 8 heteroatoms. The number of ether oxygens (including phenoxy) is 1. The van der Waals surface area contributed by atoms with Crippen LogP contribution in [0, 0.1) is 0 Å². The standard InChI is InChI=1S/C13H19N5O3/c1-4-21-7-11-16-9(14-2)6-10(17-11)15-8-5-12(19)18(3)13(8)20/h6,8H,4-5,7H2,1-3H3,(H2,14,15,16,17). The van der Waals surface area contributed by atoms with Gasteiger partial charge in [0.1, 0.15) is 24.3 Å². The number of aromatic nitrogens is 2. The van der Waals surface area contributed by atoms with E-state index in [1.165, 1.54) is 7.05 Å². The van der Waals surface area contributed by atoms with Crippen molar-refractivity contribution >= 4 is 23.5 Å². The van der Waals surface area contributed by atoms with Crippen LogP contribution in [0.2, 0.25) is 0 Å². The van der Waals surface area contributed by atoms with Crippen molar-refractivity contribution in [2.75, 3.05) is 31.3 Å². The van der Waals surface area contributed by atoms with E-state index in [2.05, 4.69) is 20.6 Å². The van der Waals surface area contributed by atoms with Gasteiger partial charge in [-0.25, -0.2) is 9.97 Å². The second kappa shape index (κ2) is 6.49. The summed E-state index contributed by atoms with van der Waals surface area (Å²) >= 11 is 0. The Hall–Kier alpha value is -2.22. The van der Waals surface area contributed by atoms with E-state index < -0.39 is 6.04 Å². The fourth-order valence-electron chi connectivity index (χ4n) is 2.00. The van der Waals surface area contributed by atoms with Crippen LogP contribution in [0.3, 0.4) is 0 Å². The maximum atomic E-state index is 11.9. The summed E-state index contributed by atoms with van der Waals surface area (Å²) in [6.45, 7) is 2.74. The van der Waals surface area contributed by atoms with E-state index in [1.54, 1.807) is 13.1 Å². The average Bonchev–Trinajstić information content (AvgIpc) is 2.72. The molecule has 0 bridgehead atoms. The van der Waals surface area contributed by atoms with E-state index in [-0.39, 0.29) is 24.8 Å². The summed E-state index contributed by atoms with van der Waals surface area (Å²) < 4.78 is 5.29. The predicted molar refractivity (Wildman–Crippen MR) is 76.7 cm³/mol. The first-order valence-electron chi connectivity index (χ1n) is 6.75. The average molecular weight is 293 g/mol. The number of nitrogens with zero attached hydrogens (tertiary/aromatic N) is 3. The maximum Gasteiger partial charge on any atom is 0.251 e. The van der Waals surface area contributed by atoms with E-state index in [0.717, 1.165) is 4.90 Å². The number of carbonyl (C=O) groups excluding carboxylic acids is 2. The molecule has 0 aliphatic carbocycles. The zero-order valence-corrected chi connectivity index (χ0v) is 12.3. The third-order valence-electron chi connectivity index (χ3n) is 3.17. The summed E-state index contributed by atoms with van der Waals surface area (Å²) in [5.74, 6) is 1.17. The fourth-order valence-corrected chi connectivity index (χ4v) is 2.00. The highest BCUT2D eigenvalue weighted by Gasteiger charge is 2.36. The Morgan fingerprint density at radius 3 is 2.67 bits per heavy atom. The summed E-state index contributed by atoms with van der Waals surface area (Å²) in [6.07, 6.45) is 0.134. The number of likely N-dealkylation sites (tertiary alicyclic amines) is 1. The Morgan fingerprint density at radius 2 is 2.10 bits per heavy atom. The van der Waals surface area contributed by atoms with Crippen molar-refractivity contribution < 1.29 is 14.3 Å². The SMILES string of the molecule is CCOCc1nc(NC)cc(NC2CC(=O)N(C)C2=O)n1. The van der Waals surface area contributed by atoms with Crippen LogP contribution in [0.25, 0.3) is 0 Å². The van der Waals surface area contributed by atoms with E-state index >= 15 is 0 Å². The number of likely N-dealkylation sites (N-methyl/N-ethyl adjacent to an activating group) is 1. The van der Waals surface area contributed by atoms with Gasteiger partial charge in [0.25, 0.3) is 5.91 Å². The quantitative estimate of drug-likeness (QED) is 0.724. The number of amides is 2. The maximum absolute atomic E-state index is 11.9. The number of carbonyl (C=O) groups is 2. The van der Waals surface area contributed by atoms with Gasteiger partial charge < -0.3 is 15.4 Å². The van der Waals surface area contributed by atoms with Crippen LogP contribution in [-0.4, -0.2) is 53.4 Å². The smallest absolute Gasteiger partial charge is 0.251 e. The van der Waals surface area contributed by atoms with Crippen molar-refractivity contribution in [1.82, 2.24) is 14.9 Å². The zero-order chi connectivity index (χ0) is 15.4. The molecule has 2 N–H and O–H groups in total. The van der Waals surface area contributed by atoms with Crippen LogP contribution in [0.1, 0.15) is 19.2 Å². The number of hydrogen-bond donors (Lipinski definition) is 2. The summed E-state index contributed by atoms with van der Waals surface area (Å²) in [4.78, 5) is 33.1. The Bertz CT molecular complexity index is 549. The first-order valence-corrected chi connectivity index (χ1v) is 6.75. The monoisotopic (exact) mass is 293 g/mol. The number of hydrogen-bond acceptors (Lipinski definition) is 7. The molecule has 0 spiro atoms. The fraction of sp³-hybridized carbons (Fsp3) is 0.538. The molecule has 2 rings (SSSR count). The molecular formula is C13H19N5O3. The molecule has 21 heavy (non-hydrogen) atoms. The summed E-state index contributed by atoms with van der Waals surface area (Å²) in [6, 6.07) is 1.10. The molecule has 0 radical (unpaired) electrons. The number of nitrogens with one attached hydrogen (secondary N) is 2. The van der Waals surface area contributed by atoms with Gasteiger partial charge in [-0.2, -0.15) is 0 Å². The molecule has 1 saturated heterocycles. The lowest BCUT2D eigenvalue weighted by molar-refractivity contribution is -0.136. The molecule has 2 amide bonds. The van der Waals surface area contributed by atoms with Crippen LogP contribution in [0.5, 0.6) is 0 Å². The highest BCUT2D eigenvalue weighted by molar-refractivity contribution is 6.06. The third kappa shape index (κ3) is 3.46. The van der Waals surface area contributed by atoms with Crippen LogP contribution < -0.4 is 10.6 Å². The second-order valence-electron chi connectivity index (χ2n) is 4.63. The van der Waals surface area contributed by atoms with Crippen molar-refractivity contribution in [3.05, 3.63) is 11.9 Å². The molecule has 1 fully saturated rings. The Balaban J connectivity index is 2.15. The first-order chi connectivity index (χ1) is 10.0. The molecular weight excluding hydrogens is 274 g/mol. The van der Waals surface area contributed by atoms with Gasteiger partial charge in [-0.1, -0.05) is 0 Å². The number of imide groups is 1. The topological polar surface area (TPSA) is 96.5 Å². The molecule has 0 aromatic carbocycles. The molecule has 1 aromatic heterocycles. The number of anilines is 2. The van der Waals surface area contributed by atoms with E-state index in [0.29, 0.717) is 24.1 Å². The van der Waals surface area contributed by atoms with E-state index in [4.69, 9.17) is 4.74 Å². The summed E-state index contributed by atoms with van der Waals surface area (Å²) in [7, 11) is 3.22. The molecule has 8 nitrogen and oxygen atoms in total. The minimum Gasteiger partial charge on any atom is -0.374 e. The Kier molecular flexibility index (Phi) is 4.69. The van der Waals surface area contributed by atoms with Gasteiger partial charge in [0.05, 0.1) is 6.42 Å². The second-order valence-corrected chi connectivity index (χ2v) is 4.63. The van der Waals surface area contributed by atoms with Gasteiger partial charge in [-0.3, -0.25) is 14.5 Å². The van der Waals surface area contributed by atoms with Gasteiger partial charge in [0.15, 0.2) is 5.82 Å². The lowest BCUT2D eigenvalue weighted by atomic mass is 10.2. The summed E-state index contributed by atoms with van der Waals surface area (Å²) in [5, 5.41) is 5.91. The lowest BCUT2D eigenvalue weighted by Crippen LogP contribution is -2.32. The summed E-state index contributed by atoms with van der Waals surface area (Å²) in [5.41, 5.74) is 0. The molecule has 1 aliphatic rings. The molecule has 0 saturated carbocycles. The normalized spacial score (nSPS) is 18.2. The lowest BCUT2D eigenvalue weighted by Gasteiger charge is -2.13. The van der Waals surface area contributed by atoms with Gasteiger partial charge in [0.2, 0.25) is 5.91 Å². The molecule has 2 heterocycles. The molecule has 1 unspecified atom stereocenters. The van der Waals surface area contributed by atoms with Crippen molar-refractivity contribution in [1.29, 1.82) is 0 Å². The van der Waals surface area contributed by atoms with E-state index in [9.17, 15) is 9.59 Å². The molecule has 1 aromatic rings. The molecule has 114 valence electrons. The predicted octanol–water partition coefficient (Wildman–Crippen LogP) is 0.224. The first kappa shape index (κ1) is 15.2.